The molecule has 26 heavy (non-hydrogen) atoms. The predicted octanol–water partition coefficient (Wildman–Crippen LogP) is 3.61. The van der Waals surface area contributed by atoms with Crippen molar-refractivity contribution in [1.82, 2.24) is 9.78 Å². The fourth-order valence-electron chi connectivity index (χ4n) is 2.68. The van der Waals surface area contributed by atoms with Crippen LogP contribution >= 0.6 is 0 Å². The number of hydrogen-bond acceptors (Lipinski definition) is 5. The molecule has 9 heteroatoms. The summed E-state index contributed by atoms with van der Waals surface area (Å²) in [7, 11) is 0. The molecule has 1 atom stereocenters. The topological polar surface area (TPSA) is 62.6 Å². The molecule has 140 valence electrons. The van der Waals surface area contributed by atoms with E-state index in [9.17, 15) is 18.0 Å². The minimum atomic E-state index is -4.71. The van der Waals surface area contributed by atoms with E-state index in [0.29, 0.717) is 30.3 Å². The Labute approximate surface area is 147 Å². The highest BCUT2D eigenvalue weighted by Crippen LogP contribution is 2.35. The highest BCUT2D eigenvalue weighted by atomic mass is 19.4. The number of nitrogens with zero attached hydrogens (tertiary/aromatic N) is 2. The van der Waals surface area contributed by atoms with Crippen LogP contribution in [0.25, 0.3) is 0 Å². The molecule has 0 bridgehead atoms. The molecular formula is C17H17F3N2O4. The molecule has 1 aliphatic heterocycles. The number of benzene rings is 1. The number of ether oxygens (including phenoxy) is 3. The first kappa shape index (κ1) is 18.1. The maximum atomic E-state index is 13.2. The van der Waals surface area contributed by atoms with Crippen molar-refractivity contribution in [3.8, 4) is 11.5 Å². The van der Waals surface area contributed by atoms with Gasteiger partial charge in [0.15, 0.2) is 17.2 Å². The largest absolute Gasteiger partial charge is 0.486 e. The van der Waals surface area contributed by atoms with Gasteiger partial charge in [-0.3, -0.25) is 4.68 Å². The maximum Gasteiger partial charge on any atom is 0.433 e. The summed E-state index contributed by atoms with van der Waals surface area (Å²) in [5, 5.41) is 3.62. The summed E-state index contributed by atoms with van der Waals surface area (Å²) < 4.78 is 56.5. The van der Waals surface area contributed by atoms with Gasteiger partial charge in [-0.15, -0.1) is 0 Å². The summed E-state index contributed by atoms with van der Waals surface area (Å²) in [5.74, 6) is -0.00653. The van der Waals surface area contributed by atoms with Gasteiger partial charge in [-0.05, 0) is 31.5 Å². The van der Waals surface area contributed by atoms with Crippen LogP contribution in [0.1, 0.15) is 41.6 Å². The molecule has 1 aromatic carbocycles. The minimum absolute atomic E-state index is 0.0140. The lowest BCUT2D eigenvalue weighted by Crippen LogP contribution is -2.19. The van der Waals surface area contributed by atoms with Gasteiger partial charge in [0.2, 0.25) is 0 Å². The zero-order valence-corrected chi connectivity index (χ0v) is 14.2. The number of alkyl halides is 3. The van der Waals surface area contributed by atoms with Crippen LogP contribution in [0.3, 0.4) is 0 Å². The highest BCUT2D eigenvalue weighted by Gasteiger charge is 2.40. The van der Waals surface area contributed by atoms with E-state index in [1.807, 2.05) is 0 Å². The molecule has 0 radical (unpaired) electrons. The SMILES string of the molecule is CCn1ncc(C(=O)OC(C)c2ccc3c(c2)OCCO3)c1C(F)(F)F. The highest BCUT2D eigenvalue weighted by molar-refractivity contribution is 5.90. The van der Waals surface area contributed by atoms with E-state index in [1.165, 1.54) is 6.92 Å². The molecule has 2 aromatic rings. The number of fused-ring (bicyclic) bond motifs is 1. The number of hydrogen-bond donors (Lipinski definition) is 0. The third kappa shape index (κ3) is 3.47. The molecule has 0 N–H and O–H groups in total. The third-order valence-electron chi connectivity index (χ3n) is 3.95. The molecule has 0 spiro atoms. The number of halogens is 3. The molecule has 1 aromatic heterocycles. The summed E-state index contributed by atoms with van der Waals surface area (Å²) in [4.78, 5) is 12.3. The molecule has 6 nitrogen and oxygen atoms in total. The average Bonchev–Trinajstić information content (AvgIpc) is 3.06. The second kappa shape index (κ2) is 6.89. The number of carbonyl (C=O) groups excluding carboxylic acids is 1. The average molecular weight is 370 g/mol. The van der Waals surface area contributed by atoms with E-state index in [4.69, 9.17) is 14.2 Å². The summed E-state index contributed by atoms with van der Waals surface area (Å²) in [6.07, 6.45) is -4.60. The minimum Gasteiger partial charge on any atom is -0.486 e. The molecule has 1 aliphatic rings. The van der Waals surface area contributed by atoms with Crippen molar-refractivity contribution in [2.45, 2.75) is 32.7 Å². The Kier molecular flexibility index (Phi) is 4.80. The van der Waals surface area contributed by atoms with Crippen molar-refractivity contribution in [3.05, 3.63) is 41.2 Å². The predicted molar refractivity (Wildman–Crippen MR) is 84.2 cm³/mol. The van der Waals surface area contributed by atoms with Gasteiger partial charge >= 0.3 is 12.1 Å². The summed E-state index contributed by atoms with van der Waals surface area (Å²) >= 11 is 0. The van der Waals surface area contributed by atoms with Crippen LogP contribution in [-0.4, -0.2) is 29.0 Å². The first-order valence-corrected chi connectivity index (χ1v) is 8.04. The van der Waals surface area contributed by atoms with Gasteiger partial charge in [-0.2, -0.15) is 18.3 Å². The van der Waals surface area contributed by atoms with E-state index in [-0.39, 0.29) is 6.54 Å². The van der Waals surface area contributed by atoms with Crippen molar-refractivity contribution in [2.24, 2.45) is 0 Å². The van der Waals surface area contributed by atoms with Gasteiger partial charge in [-0.1, -0.05) is 6.07 Å². The normalized spacial score (nSPS) is 14.8. The van der Waals surface area contributed by atoms with Crippen molar-refractivity contribution >= 4 is 5.97 Å². The van der Waals surface area contributed by atoms with Crippen molar-refractivity contribution in [1.29, 1.82) is 0 Å². The van der Waals surface area contributed by atoms with Crippen LogP contribution in [0.4, 0.5) is 13.2 Å². The van der Waals surface area contributed by atoms with Crippen LogP contribution < -0.4 is 9.47 Å². The lowest BCUT2D eigenvalue weighted by atomic mass is 10.1. The van der Waals surface area contributed by atoms with E-state index in [1.54, 1.807) is 25.1 Å². The lowest BCUT2D eigenvalue weighted by Gasteiger charge is -2.20. The Morgan fingerprint density at radius 1 is 1.31 bits per heavy atom. The quantitative estimate of drug-likeness (QED) is 0.770. The summed E-state index contributed by atoms with van der Waals surface area (Å²) in [6, 6.07) is 4.99. The van der Waals surface area contributed by atoms with E-state index >= 15 is 0 Å². The summed E-state index contributed by atoms with van der Waals surface area (Å²) in [5.41, 5.74) is -1.14. The monoisotopic (exact) mass is 370 g/mol. The number of rotatable bonds is 4. The molecule has 1 unspecified atom stereocenters. The Bertz CT molecular complexity index is 817. The Morgan fingerprint density at radius 3 is 2.65 bits per heavy atom. The van der Waals surface area contributed by atoms with Crippen LogP contribution in [-0.2, 0) is 17.5 Å². The standard InChI is InChI=1S/C17H17F3N2O4/c1-3-22-15(17(18,19)20)12(9-21-22)16(23)26-10(2)11-4-5-13-14(8-11)25-7-6-24-13/h4-5,8-10H,3,6-7H2,1-2H3. The van der Waals surface area contributed by atoms with Crippen LogP contribution in [0.2, 0.25) is 0 Å². The Balaban J connectivity index is 1.81. The molecular weight excluding hydrogens is 353 g/mol. The second-order valence-electron chi connectivity index (χ2n) is 5.67. The third-order valence-corrected chi connectivity index (χ3v) is 3.95. The van der Waals surface area contributed by atoms with E-state index in [2.05, 4.69) is 5.10 Å². The maximum absolute atomic E-state index is 13.2. The smallest absolute Gasteiger partial charge is 0.433 e. The summed E-state index contributed by atoms with van der Waals surface area (Å²) in [6.45, 7) is 3.91. The number of esters is 1. The molecule has 0 aliphatic carbocycles. The molecule has 0 amide bonds. The van der Waals surface area contributed by atoms with Crippen LogP contribution in [0.5, 0.6) is 11.5 Å². The number of aromatic nitrogens is 2. The van der Waals surface area contributed by atoms with Gasteiger partial charge in [-0.25, -0.2) is 4.79 Å². The van der Waals surface area contributed by atoms with Crippen molar-refractivity contribution in [2.75, 3.05) is 13.2 Å². The van der Waals surface area contributed by atoms with Gasteiger partial charge < -0.3 is 14.2 Å². The zero-order valence-electron chi connectivity index (χ0n) is 14.2. The molecule has 3 rings (SSSR count). The Morgan fingerprint density at radius 2 is 2.00 bits per heavy atom. The Hall–Kier alpha value is -2.71. The lowest BCUT2D eigenvalue weighted by molar-refractivity contribution is -0.144. The van der Waals surface area contributed by atoms with Gasteiger partial charge in [0, 0.05) is 6.54 Å². The first-order chi connectivity index (χ1) is 12.3. The molecule has 0 saturated heterocycles. The zero-order chi connectivity index (χ0) is 18.9. The van der Waals surface area contributed by atoms with Gasteiger partial charge in [0.25, 0.3) is 0 Å². The van der Waals surface area contributed by atoms with Gasteiger partial charge in [0.1, 0.15) is 24.9 Å². The number of aryl methyl sites for hydroxylation is 1. The molecule has 0 fully saturated rings. The van der Waals surface area contributed by atoms with E-state index < -0.39 is 29.5 Å². The fraction of sp³-hybridized carbons (Fsp3) is 0.412. The van der Waals surface area contributed by atoms with E-state index in [0.717, 1.165) is 10.9 Å². The number of carbonyl (C=O) groups is 1. The van der Waals surface area contributed by atoms with Crippen molar-refractivity contribution < 1.29 is 32.2 Å². The van der Waals surface area contributed by atoms with Gasteiger partial charge in [0.05, 0.1) is 6.20 Å². The fourth-order valence-corrected chi connectivity index (χ4v) is 2.68. The molecule has 2 heterocycles. The molecule has 0 saturated carbocycles. The second-order valence-corrected chi connectivity index (χ2v) is 5.67. The van der Waals surface area contributed by atoms with Crippen molar-refractivity contribution in [3.63, 3.8) is 0 Å². The van der Waals surface area contributed by atoms with Crippen LogP contribution in [0.15, 0.2) is 24.4 Å². The van der Waals surface area contributed by atoms with Crippen LogP contribution in [0, 0.1) is 0 Å². The first-order valence-electron chi connectivity index (χ1n) is 8.04.